The monoisotopic (exact) mass is 617 g/mol. The normalized spacial score (nSPS) is 12.9. The number of halogens is 4. The fourth-order valence-electron chi connectivity index (χ4n) is 4.18. The molecule has 0 atom stereocenters. The molecule has 3 rings (SSSR count). The number of anilines is 1. The van der Waals surface area contributed by atoms with Crippen LogP contribution in [0.1, 0.15) is 46.8 Å². The first-order valence-electron chi connectivity index (χ1n) is 11.9. The van der Waals surface area contributed by atoms with E-state index in [0.29, 0.717) is 34.6 Å². The smallest absolute Gasteiger partial charge is 0.341 e. The average molecular weight is 619 g/mol. The highest BCUT2D eigenvalue weighted by molar-refractivity contribution is 6.57. The summed E-state index contributed by atoms with van der Waals surface area (Å²) in [5, 5.41) is 2.41. The Bertz CT molecular complexity index is 1370. The number of alkyl halides is 3. The van der Waals surface area contributed by atoms with Crippen molar-refractivity contribution in [1.29, 1.82) is 0 Å². The SMILES string of the molecule is COc1ccc(OC(=O)CC/C(C)=C/Cc2c(NC(=O)C(F)(Cl)Cl)c3c(c(C)c2OC)COC3=O)c(Cl)c1OC. The van der Waals surface area contributed by atoms with Crippen LogP contribution in [0, 0.1) is 6.92 Å². The summed E-state index contributed by atoms with van der Waals surface area (Å²) >= 11 is 17.0. The number of ether oxygens (including phenoxy) is 5. The van der Waals surface area contributed by atoms with Crippen molar-refractivity contribution in [2.45, 2.75) is 44.3 Å². The molecule has 1 aliphatic rings. The third-order valence-electron chi connectivity index (χ3n) is 6.22. The minimum atomic E-state index is -3.24. The number of methoxy groups -OCH3 is 3. The Balaban J connectivity index is 1.82. The summed E-state index contributed by atoms with van der Waals surface area (Å²) in [6.45, 7) is 3.49. The summed E-state index contributed by atoms with van der Waals surface area (Å²) < 4.78 is 37.2. The first-order chi connectivity index (χ1) is 18.8. The van der Waals surface area contributed by atoms with Gasteiger partial charge in [-0.1, -0.05) is 46.5 Å². The minimum absolute atomic E-state index is 0.0140. The first kappa shape index (κ1) is 31.3. The Morgan fingerprint density at radius 2 is 1.75 bits per heavy atom. The molecule has 1 amide bonds. The van der Waals surface area contributed by atoms with Gasteiger partial charge in [0.15, 0.2) is 17.2 Å². The Morgan fingerprint density at radius 3 is 2.35 bits per heavy atom. The van der Waals surface area contributed by atoms with Crippen LogP contribution in [0.25, 0.3) is 0 Å². The number of benzene rings is 2. The molecule has 0 unspecified atom stereocenters. The lowest BCUT2D eigenvalue weighted by Gasteiger charge is -2.20. The summed E-state index contributed by atoms with van der Waals surface area (Å²) in [7, 11) is 4.30. The van der Waals surface area contributed by atoms with Crippen LogP contribution in [-0.2, 0) is 27.4 Å². The van der Waals surface area contributed by atoms with Gasteiger partial charge in [-0.3, -0.25) is 9.59 Å². The number of rotatable bonds is 11. The van der Waals surface area contributed by atoms with Gasteiger partial charge in [0.2, 0.25) is 0 Å². The molecule has 2 aromatic carbocycles. The second kappa shape index (κ2) is 13.0. The molecule has 1 N–H and O–H groups in total. The molecule has 13 heteroatoms. The summed E-state index contributed by atoms with van der Waals surface area (Å²) in [5.74, 6) is -1.48. The van der Waals surface area contributed by atoms with Gasteiger partial charge in [-0.2, -0.15) is 4.39 Å². The minimum Gasteiger partial charge on any atom is -0.496 e. The largest absolute Gasteiger partial charge is 0.496 e. The van der Waals surface area contributed by atoms with Crippen LogP contribution in [-0.4, -0.2) is 43.8 Å². The van der Waals surface area contributed by atoms with E-state index < -0.39 is 22.4 Å². The quantitative estimate of drug-likeness (QED) is 0.136. The zero-order chi connectivity index (χ0) is 29.8. The lowest BCUT2D eigenvalue weighted by Crippen LogP contribution is -2.29. The van der Waals surface area contributed by atoms with Crippen molar-refractivity contribution in [1.82, 2.24) is 0 Å². The lowest BCUT2D eigenvalue weighted by atomic mass is 9.93. The molecule has 216 valence electrons. The Kier molecular flexibility index (Phi) is 10.2. The molecule has 0 aliphatic carbocycles. The van der Waals surface area contributed by atoms with E-state index >= 15 is 0 Å². The molecule has 1 heterocycles. The van der Waals surface area contributed by atoms with Crippen molar-refractivity contribution in [2.75, 3.05) is 26.6 Å². The maximum atomic E-state index is 14.0. The molecule has 0 radical (unpaired) electrons. The number of carbonyl (C=O) groups is 3. The first-order valence-corrected chi connectivity index (χ1v) is 13.0. The van der Waals surface area contributed by atoms with E-state index in [-0.39, 0.29) is 47.2 Å². The standard InChI is InChI=1S/C27H27Cl3FNO8/c1-13(7-11-19(33)40-17-9-10-18(36-3)24(38-5)21(17)28)6-8-15-22(32-26(35)27(29,30)31)20-16(12-39-25(20)34)14(2)23(15)37-4/h6,9-10H,7-8,11-12H2,1-5H3,(H,32,35)/b13-6+. The van der Waals surface area contributed by atoms with Crippen molar-refractivity contribution in [2.24, 2.45) is 0 Å². The number of hydrogen-bond acceptors (Lipinski definition) is 8. The maximum absolute atomic E-state index is 14.0. The predicted molar refractivity (Wildman–Crippen MR) is 148 cm³/mol. The topological polar surface area (TPSA) is 109 Å². The Hall–Kier alpha value is -3.21. The van der Waals surface area contributed by atoms with E-state index in [4.69, 9.17) is 58.5 Å². The van der Waals surface area contributed by atoms with E-state index in [1.165, 1.54) is 27.4 Å². The van der Waals surface area contributed by atoms with Crippen molar-refractivity contribution < 1.29 is 42.5 Å². The number of fused-ring (bicyclic) bond motifs is 1. The molecule has 0 saturated carbocycles. The Morgan fingerprint density at radius 1 is 1.10 bits per heavy atom. The van der Waals surface area contributed by atoms with Gasteiger partial charge in [0, 0.05) is 17.5 Å². The van der Waals surface area contributed by atoms with Crippen molar-refractivity contribution in [3.05, 3.63) is 51.1 Å². The zero-order valence-corrected chi connectivity index (χ0v) is 24.6. The van der Waals surface area contributed by atoms with Gasteiger partial charge in [0.1, 0.15) is 17.4 Å². The average Bonchev–Trinajstić information content (AvgIpc) is 3.29. The number of esters is 2. The maximum Gasteiger partial charge on any atom is 0.341 e. The second-order valence-electron chi connectivity index (χ2n) is 8.74. The number of hydrogen-bond donors (Lipinski definition) is 1. The molecule has 0 aromatic heterocycles. The summed E-state index contributed by atoms with van der Waals surface area (Å²) in [4.78, 5) is 37.3. The number of cyclic esters (lactones) is 1. The summed E-state index contributed by atoms with van der Waals surface area (Å²) in [5.41, 5.74) is 2.33. The molecule has 1 aliphatic heterocycles. The second-order valence-corrected chi connectivity index (χ2v) is 10.3. The van der Waals surface area contributed by atoms with Gasteiger partial charge in [-0.15, -0.1) is 0 Å². The van der Waals surface area contributed by atoms with Crippen LogP contribution < -0.4 is 24.3 Å². The number of carbonyl (C=O) groups excluding carboxylic acids is 3. The van der Waals surface area contributed by atoms with E-state index in [9.17, 15) is 18.8 Å². The van der Waals surface area contributed by atoms with Gasteiger partial charge in [-0.25, -0.2) is 4.79 Å². The highest BCUT2D eigenvalue weighted by Crippen LogP contribution is 2.43. The van der Waals surface area contributed by atoms with E-state index in [0.717, 1.165) is 5.57 Å². The molecule has 40 heavy (non-hydrogen) atoms. The van der Waals surface area contributed by atoms with Gasteiger partial charge in [0.05, 0.1) is 32.6 Å². The molecule has 2 aromatic rings. The molecule has 0 saturated heterocycles. The number of allylic oxidation sites excluding steroid dienone is 2. The van der Waals surface area contributed by atoms with Crippen molar-refractivity contribution in [3.8, 4) is 23.0 Å². The molecular formula is C27H27Cl3FNO8. The van der Waals surface area contributed by atoms with Crippen LogP contribution in [0.5, 0.6) is 23.0 Å². The Labute approximate surface area is 245 Å². The van der Waals surface area contributed by atoms with Gasteiger partial charge >= 0.3 is 16.5 Å². The third kappa shape index (κ3) is 6.74. The van der Waals surface area contributed by atoms with E-state index in [1.807, 2.05) is 0 Å². The van der Waals surface area contributed by atoms with Crippen LogP contribution >= 0.6 is 34.8 Å². The van der Waals surface area contributed by atoms with Gasteiger partial charge < -0.3 is 29.0 Å². The molecule has 0 fully saturated rings. The van der Waals surface area contributed by atoms with Crippen LogP contribution in [0.15, 0.2) is 23.8 Å². The molecule has 9 nitrogen and oxygen atoms in total. The summed E-state index contributed by atoms with van der Waals surface area (Å²) in [6, 6.07) is 3.07. The highest BCUT2D eigenvalue weighted by Gasteiger charge is 2.38. The number of amides is 1. The van der Waals surface area contributed by atoms with E-state index in [2.05, 4.69) is 5.32 Å². The predicted octanol–water partition coefficient (Wildman–Crippen LogP) is 6.26. The van der Waals surface area contributed by atoms with Crippen LogP contribution in [0.3, 0.4) is 0 Å². The van der Waals surface area contributed by atoms with Crippen LogP contribution in [0.2, 0.25) is 5.02 Å². The third-order valence-corrected chi connectivity index (χ3v) is 6.93. The summed E-state index contributed by atoms with van der Waals surface area (Å²) in [6.07, 6.45) is 2.26. The molecule has 0 bridgehead atoms. The fraction of sp³-hybridized carbons (Fsp3) is 0.370. The van der Waals surface area contributed by atoms with Gasteiger partial charge in [0.25, 0.3) is 5.91 Å². The van der Waals surface area contributed by atoms with E-state index in [1.54, 1.807) is 26.0 Å². The van der Waals surface area contributed by atoms with Crippen molar-refractivity contribution in [3.63, 3.8) is 0 Å². The fourth-order valence-corrected chi connectivity index (χ4v) is 4.54. The molecule has 0 spiro atoms. The molecular weight excluding hydrogens is 592 g/mol. The lowest BCUT2D eigenvalue weighted by molar-refractivity contribution is -0.134. The zero-order valence-electron chi connectivity index (χ0n) is 22.3. The number of nitrogens with one attached hydrogen (secondary N) is 1. The van der Waals surface area contributed by atoms with Crippen LogP contribution in [0.4, 0.5) is 10.1 Å². The highest BCUT2D eigenvalue weighted by atomic mass is 35.5. The van der Waals surface area contributed by atoms with Gasteiger partial charge in [-0.05, 0) is 44.4 Å². The van der Waals surface area contributed by atoms with Crippen molar-refractivity contribution >= 4 is 58.3 Å².